The number of rotatable bonds is 13. The highest BCUT2D eigenvalue weighted by molar-refractivity contribution is 5.16. The van der Waals surface area contributed by atoms with Crippen LogP contribution < -0.4 is 5.32 Å². The molecular weight excluding hydrogens is 406 g/mol. The molecule has 33 heavy (non-hydrogen) atoms. The van der Waals surface area contributed by atoms with Crippen molar-refractivity contribution in [2.45, 2.75) is 79.1 Å². The molecule has 3 aromatic heterocycles. The molecule has 0 spiro atoms. The first kappa shape index (κ1) is 25.0. The van der Waals surface area contributed by atoms with E-state index in [2.05, 4.69) is 79.3 Å². The lowest BCUT2D eigenvalue weighted by molar-refractivity contribution is 0.164. The number of nitrogens with zero attached hydrogens (tertiary/aromatic N) is 4. The van der Waals surface area contributed by atoms with Crippen molar-refractivity contribution < 1.29 is 0 Å². The molecule has 1 atom stereocenters. The maximum Gasteiger partial charge on any atom is 0.0544 e. The van der Waals surface area contributed by atoms with E-state index in [1.54, 1.807) is 0 Å². The van der Waals surface area contributed by atoms with Crippen LogP contribution in [0.5, 0.6) is 0 Å². The van der Waals surface area contributed by atoms with E-state index in [-0.39, 0.29) is 0 Å². The van der Waals surface area contributed by atoms with Crippen molar-refractivity contribution >= 4 is 0 Å². The van der Waals surface area contributed by atoms with Gasteiger partial charge < -0.3 is 5.32 Å². The molecule has 5 nitrogen and oxygen atoms in total. The van der Waals surface area contributed by atoms with Crippen LogP contribution in [0.1, 0.15) is 67.9 Å². The summed E-state index contributed by atoms with van der Waals surface area (Å²) in [6, 6.07) is 13.4. The van der Waals surface area contributed by atoms with Gasteiger partial charge in [-0.2, -0.15) is 0 Å². The Morgan fingerprint density at radius 3 is 1.48 bits per heavy atom. The Balaban J connectivity index is 1.69. The van der Waals surface area contributed by atoms with E-state index < -0.39 is 0 Å². The first-order chi connectivity index (χ1) is 16.1. The van der Waals surface area contributed by atoms with Crippen LogP contribution in [0, 0.1) is 0 Å². The van der Waals surface area contributed by atoms with Crippen LogP contribution in [0.15, 0.2) is 55.0 Å². The average molecular weight is 446 g/mol. The fourth-order valence-corrected chi connectivity index (χ4v) is 3.91. The van der Waals surface area contributed by atoms with Crippen molar-refractivity contribution in [2.24, 2.45) is 0 Å². The Morgan fingerprint density at radius 2 is 1.12 bits per heavy atom. The second-order valence-corrected chi connectivity index (χ2v) is 8.63. The molecule has 0 fully saturated rings. The van der Waals surface area contributed by atoms with Gasteiger partial charge >= 0.3 is 0 Å². The van der Waals surface area contributed by atoms with Gasteiger partial charge in [0.2, 0.25) is 0 Å². The number of hydrogen-bond donors (Lipinski definition) is 1. The zero-order valence-corrected chi connectivity index (χ0v) is 20.7. The van der Waals surface area contributed by atoms with Gasteiger partial charge in [0.1, 0.15) is 0 Å². The summed E-state index contributed by atoms with van der Waals surface area (Å²) in [6.45, 7) is 12.0. The van der Waals surface area contributed by atoms with Crippen molar-refractivity contribution in [1.82, 2.24) is 25.2 Å². The van der Waals surface area contributed by atoms with Gasteiger partial charge in [0.15, 0.2) is 0 Å². The fourth-order valence-electron chi connectivity index (χ4n) is 3.91. The van der Waals surface area contributed by atoms with Crippen LogP contribution in [0.4, 0.5) is 0 Å². The van der Waals surface area contributed by atoms with Gasteiger partial charge in [-0.1, -0.05) is 45.9 Å². The van der Waals surface area contributed by atoms with E-state index in [1.165, 1.54) is 16.7 Å². The third-order valence-corrected chi connectivity index (χ3v) is 6.29. The summed E-state index contributed by atoms with van der Waals surface area (Å²) in [6.07, 6.45) is 10.1. The monoisotopic (exact) mass is 445 g/mol. The molecule has 0 aliphatic heterocycles. The maximum atomic E-state index is 4.73. The number of hydrogen-bond acceptors (Lipinski definition) is 5. The van der Waals surface area contributed by atoms with E-state index in [1.807, 2.05) is 18.6 Å². The lowest BCUT2D eigenvalue weighted by Crippen LogP contribution is -2.41. The molecule has 0 aromatic carbocycles. The average Bonchev–Trinajstić information content (AvgIpc) is 2.87. The summed E-state index contributed by atoms with van der Waals surface area (Å²) < 4.78 is 0. The summed E-state index contributed by atoms with van der Waals surface area (Å²) in [5.74, 6) is 0. The Morgan fingerprint density at radius 1 is 0.667 bits per heavy atom. The molecule has 0 bridgehead atoms. The smallest absolute Gasteiger partial charge is 0.0544 e. The Bertz CT molecular complexity index is 886. The Hall–Kier alpha value is -2.63. The van der Waals surface area contributed by atoms with Gasteiger partial charge in [0, 0.05) is 50.8 Å². The maximum absolute atomic E-state index is 4.73. The molecule has 0 aliphatic carbocycles. The quantitative estimate of drug-likeness (QED) is 0.395. The molecule has 1 N–H and O–H groups in total. The fraction of sp³-hybridized carbons (Fsp3) is 0.464. The molecule has 176 valence electrons. The predicted octanol–water partition coefficient (Wildman–Crippen LogP) is 5.13. The summed E-state index contributed by atoms with van der Waals surface area (Å²) in [7, 11) is 0. The minimum Gasteiger partial charge on any atom is -0.310 e. The largest absolute Gasteiger partial charge is 0.310 e. The van der Waals surface area contributed by atoms with Crippen LogP contribution in [-0.4, -0.2) is 32.4 Å². The predicted molar refractivity (Wildman–Crippen MR) is 136 cm³/mol. The molecule has 3 aromatic rings. The third kappa shape index (κ3) is 7.72. The highest BCUT2D eigenvalue weighted by Gasteiger charge is 2.19. The number of aryl methyl sites for hydroxylation is 3. The zero-order chi connectivity index (χ0) is 23.5. The minimum atomic E-state index is 0.375. The summed E-state index contributed by atoms with van der Waals surface area (Å²) >= 11 is 0. The van der Waals surface area contributed by atoms with Crippen LogP contribution in [-0.2, 0) is 38.9 Å². The molecule has 0 amide bonds. The van der Waals surface area contributed by atoms with Crippen LogP contribution in [0.25, 0.3) is 0 Å². The molecule has 1 unspecified atom stereocenters. The number of nitrogens with one attached hydrogen (secondary N) is 1. The topological polar surface area (TPSA) is 53.9 Å². The summed E-state index contributed by atoms with van der Waals surface area (Å²) in [5, 5.41) is 3.63. The zero-order valence-electron chi connectivity index (χ0n) is 20.7. The molecule has 0 radical (unpaired) electrons. The normalized spacial score (nSPS) is 12.3. The van der Waals surface area contributed by atoms with Gasteiger partial charge in [0.25, 0.3) is 0 Å². The molecule has 3 rings (SSSR count). The molecular formula is C28H39N5. The lowest BCUT2D eigenvalue weighted by atomic mass is 10.1. The van der Waals surface area contributed by atoms with Crippen LogP contribution in [0.2, 0.25) is 0 Å². The van der Waals surface area contributed by atoms with Crippen molar-refractivity contribution in [1.29, 1.82) is 0 Å². The van der Waals surface area contributed by atoms with Gasteiger partial charge in [-0.05, 0) is 60.6 Å². The summed E-state index contributed by atoms with van der Waals surface area (Å²) in [4.78, 5) is 16.5. The Kier molecular flexibility index (Phi) is 9.98. The highest BCUT2D eigenvalue weighted by Crippen LogP contribution is 2.15. The second-order valence-electron chi connectivity index (χ2n) is 8.63. The minimum absolute atomic E-state index is 0.375. The van der Waals surface area contributed by atoms with Gasteiger partial charge in [-0.25, -0.2) is 0 Å². The van der Waals surface area contributed by atoms with E-state index in [0.717, 1.165) is 68.9 Å². The van der Waals surface area contributed by atoms with Crippen molar-refractivity contribution in [2.75, 3.05) is 6.54 Å². The Labute approximate surface area is 199 Å². The van der Waals surface area contributed by atoms with Crippen molar-refractivity contribution in [3.63, 3.8) is 0 Å². The van der Waals surface area contributed by atoms with Crippen molar-refractivity contribution in [3.05, 3.63) is 88.8 Å². The van der Waals surface area contributed by atoms with Gasteiger partial charge in [0.05, 0.1) is 17.1 Å². The highest BCUT2D eigenvalue weighted by atomic mass is 15.2. The number of aromatic nitrogens is 3. The third-order valence-electron chi connectivity index (χ3n) is 6.29. The van der Waals surface area contributed by atoms with E-state index >= 15 is 0 Å². The standard InChI is InChI=1S/C28H39N5/c1-5-22-9-12-25(30-15-22)18-29-19-28(8-4)33(20-26-13-10-23(6-2)16-31-26)21-27-14-11-24(7-3)17-32-27/h9-17,28-29H,5-8,18-21H2,1-4H3. The molecule has 0 saturated heterocycles. The van der Waals surface area contributed by atoms with Crippen molar-refractivity contribution in [3.8, 4) is 0 Å². The molecule has 0 aliphatic rings. The lowest BCUT2D eigenvalue weighted by Gasteiger charge is -2.31. The van der Waals surface area contributed by atoms with Gasteiger partial charge in [-0.3, -0.25) is 19.9 Å². The molecule has 3 heterocycles. The van der Waals surface area contributed by atoms with Crippen LogP contribution >= 0.6 is 0 Å². The molecule has 0 saturated carbocycles. The first-order valence-corrected chi connectivity index (χ1v) is 12.4. The van der Waals surface area contributed by atoms with Crippen LogP contribution in [0.3, 0.4) is 0 Å². The number of pyridine rings is 3. The first-order valence-electron chi connectivity index (χ1n) is 12.4. The van der Waals surface area contributed by atoms with E-state index in [0.29, 0.717) is 6.04 Å². The SMILES string of the molecule is CCc1ccc(CNCC(CC)N(Cc2ccc(CC)cn2)Cc2ccc(CC)cn2)nc1. The van der Waals surface area contributed by atoms with E-state index in [4.69, 9.17) is 9.97 Å². The van der Waals surface area contributed by atoms with Gasteiger partial charge in [-0.15, -0.1) is 0 Å². The second kappa shape index (κ2) is 13.2. The summed E-state index contributed by atoms with van der Waals surface area (Å²) in [5.41, 5.74) is 7.12. The van der Waals surface area contributed by atoms with E-state index in [9.17, 15) is 0 Å². The molecule has 5 heteroatoms.